The van der Waals surface area contributed by atoms with E-state index in [0.29, 0.717) is 35.8 Å². The Morgan fingerprint density at radius 2 is 0.863 bits per heavy atom. The third kappa shape index (κ3) is 12.5. The van der Waals surface area contributed by atoms with Crippen molar-refractivity contribution in [2.45, 2.75) is 32.1 Å². The number of amides is 4. The van der Waals surface area contributed by atoms with Crippen LogP contribution in [0.4, 0.5) is 0 Å². The molecule has 0 radical (unpaired) electrons. The number of hydrogen-bond donors (Lipinski definition) is 6. The van der Waals surface area contributed by atoms with Crippen LogP contribution >= 0.6 is 0 Å². The lowest BCUT2D eigenvalue weighted by atomic mass is 10.1. The van der Waals surface area contributed by atoms with Gasteiger partial charge >= 0.3 is 0 Å². The predicted octanol–water partition coefficient (Wildman–Crippen LogP) is 4.86. The lowest BCUT2D eigenvalue weighted by Gasteiger charge is -2.08. The summed E-state index contributed by atoms with van der Waals surface area (Å²) in [6.07, 6.45) is 7.89. The summed E-state index contributed by atoms with van der Waals surface area (Å²) in [4.78, 5) is 47.4. The van der Waals surface area contributed by atoms with Crippen molar-refractivity contribution in [3.8, 4) is 11.5 Å². The molecule has 0 saturated carbocycles. The van der Waals surface area contributed by atoms with Crippen LogP contribution in [0.15, 0.2) is 107 Å². The molecule has 0 aromatic heterocycles. The number of nitrogens with one attached hydrogen (secondary N) is 4. The molecule has 4 aromatic rings. The number of ether oxygens (including phenoxy) is 2. The van der Waals surface area contributed by atoms with Gasteiger partial charge in [-0.3, -0.25) is 29.6 Å². The van der Waals surface area contributed by atoms with Crippen molar-refractivity contribution in [3.63, 3.8) is 0 Å². The van der Waals surface area contributed by atoms with Crippen molar-refractivity contribution in [1.82, 2.24) is 21.8 Å². The van der Waals surface area contributed by atoms with E-state index in [1.165, 1.54) is 71.9 Å². The van der Waals surface area contributed by atoms with Gasteiger partial charge in [0, 0.05) is 22.3 Å². The lowest BCUT2D eigenvalue weighted by molar-refractivity contribution is 0.0702. The van der Waals surface area contributed by atoms with Gasteiger partial charge in [0.25, 0.3) is 23.6 Å². The summed E-state index contributed by atoms with van der Waals surface area (Å²) in [5, 5.41) is 25.4. The number of nitrogens with zero attached hydrogens (tertiary/aromatic N) is 2. The number of benzene rings is 4. The van der Waals surface area contributed by atoms with Crippen LogP contribution in [0.2, 0.25) is 0 Å². The fraction of sp³-hybridized carbons (Fsp3) is 0.189. The average Bonchev–Trinajstić information content (AvgIpc) is 3.17. The van der Waals surface area contributed by atoms with E-state index < -0.39 is 23.6 Å². The molecule has 14 nitrogen and oxygen atoms in total. The molecule has 0 fully saturated rings. The molecule has 0 spiro atoms. The van der Waals surface area contributed by atoms with Crippen LogP contribution in [0.5, 0.6) is 11.5 Å². The Balaban J connectivity index is 1.07. The number of hydroxylamine groups is 2. The van der Waals surface area contributed by atoms with Crippen molar-refractivity contribution in [1.29, 1.82) is 0 Å². The maximum absolute atomic E-state index is 12.3. The zero-order valence-electron chi connectivity index (χ0n) is 27.6. The highest BCUT2D eigenvalue weighted by atomic mass is 16.5. The second-order valence-electron chi connectivity index (χ2n) is 11.0. The zero-order chi connectivity index (χ0) is 36.3. The first-order chi connectivity index (χ1) is 24.9. The van der Waals surface area contributed by atoms with E-state index in [1.54, 1.807) is 0 Å². The Hall–Kier alpha value is -6.38. The number of carbonyl (C=O) groups is 4. The molecular weight excluding hydrogens is 656 g/mol. The van der Waals surface area contributed by atoms with Gasteiger partial charge in [-0.2, -0.15) is 10.2 Å². The highest BCUT2D eigenvalue weighted by Gasteiger charge is 2.09. The van der Waals surface area contributed by atoms with E-state index in [-0.39, 0.29) is 11.1 Å². The molecule has 0 aliphatic heterocycles. The third-order valence-corrected chi connectivity index (χ3v) is 7.32. The Kier molecular flexibility index (Phi) is 14.8. The molecule has 4 rings (SSSR count). The normalized spacial score (nSPS) is 10.9. The zero-order valence-corrected chi connectivity index (χ0v) is 27.6. The number of rotatable bonds is 18. The molecule has 0 unspecified atom stereocenters. The van der Waals surface area contributed by atoms with E-state index in [1.807, 2.05) is 48.5 Å². The molecule has 0 aliphatic rings. The molecule has 4 amide bonds. The summed E-state index contributed by atoms with van der Waals surface area (Å²) < 4.78 is 11.8. The highest BCUT2D eigenvalue weighted by molar-refractivity contribution is 5.98. The second kappa shape index (κ2) is 20.2. The molecule has 6 N–H and O–H groups in total. The monoisotopic (exact) mass is 694 g/mol. The maximum atomic E-state index is 12.3. The van der Waals surface area contributed by atoms with Crippen LogP contribution in [0.25, 0.3) is 0 Å². The number of hydrazone groups is 2. The van der Waals surface area contributed by atoms with Crippen molar-refractivity contribution in [3.05, 3.63) is 130 Å². The number of carbonyl (C=O) groups excluding carboxylic acids is 4. The molecule has 14 heteroatoms. The smallest absolute Gasteiger partial charge is 0.274 e. The van der Waals surface area contributed by atoms with Gasteiger partial charge in [-0.25, -0.2) is 21.8 Å². The summed E-state index contributed by atoms with van der Waals surface area (Å²) in [6.45, 7) is 1.14. The minimum atomic E-state index is -0.666. The molecule has 0 aliphatic carbocycles. The topological polar surface area (TPSA) is 200 Å². The van der Waals surface area contributed by atoms with Gasteiger partial charge in [0.15, 0.2) is 0 Å². The van der Waals surface area contributed by atoms with Gasteiger partial charge in [-0.05, 0) is 96.8 Å². The largest absolute Gasteiger partial charge is 0.494 e. The molecule has 0 heterocycles. The quantitative estimate of drug-likeness (QED) is 0.0367. The first-order valence-electron chi connectivity index (χ1n) is 16.1. The van der Waals surface area contributed by atoms with Crippen molar-refractivity contribution in [2.24, 2.45) is 10.2 Å². The van der Waals surface area contributed by atoms with Crippen LogP contribution in [0.1, 0.15) is 84.7 Å². The van der Waals surface area contributed by atoms with E-state index in [4.69, 9.17) is 19.9 Å². The van der Waals surface area contributed by atoms with Crippen LogP contribution in [-0.2, 0) is 0 Å². The fourth-order valence-corrected chi connectivity index (χ4v) is 4.62. The number of unbranched alkanes of at least 4 members (excludes halogenated alkanes) is 4. The van der Waals surface area contributed by atoms with Gasteiger partial charge < -0.3 is 9.47 Å². The summed E-state index contributed by atoms with van der Waals surface area (Å²) in [6, 6.07) is 26.2. The van der Waals surface area contributed by atoms with Crippen molar-refractivity contribution >= 4 is 36.1 Å². The summed E-state index contributed by atoms with van der Waals surface area (Å²) in [5.74, 6) is -0.817. The van der Waals surface area contributed by atoms with E-state index in [9.17, 15) is 19.2 Å². The van der Waals surface area contributed by atoms with Gasteiger partial charge in [-0.15, -0.1) is 0 Å². The SMILES string of the molecule is O=C(NO)c1ccc(C(=O)N/N=C/c2cccc(OCCCCCCCOc3cccc(/C=N/NC(=O)c4ccc(C(=O)NO)cc4)c3)c2)cc1. The van der Waals surface area contributed by atoms with Gasteiger partial charge in [0.2, 0.25) is 0 Å². The van der Waals surface area contributed by atoms with E-state index >= 15 is 0 Å². The molecular formula is C37H38N6O8. The average molecular weight is 695 g/mol. The third-order valence-electron chi connectivity index (χ3n) is 7.32. The highest BCUT2D eigenvalue weighted by Crippen LogP contribution is 2.15. The molecule has 4 aromatic carbocycles. The van der Waals surface area contributed by atoms with Crippen LogP contribution < -0.4 is 31.3 Å². The molecule has 0 saturated heterocycles. The second-order valence-corrected chi connectivity index (χ2v) is 11.0. The van der Waals surface area contributed by atoms with Gasteiger partial charge in [0.05, 0.1) is 25.6 Å². The first kappa shape index (κ1) is 37.4. The van der Waals surface area contributed by atoms with Gasteiger partial charge in [-0.1, -0.05) is 43.5 Å². The van der Waals surface area contributed by atoms with Crippen molar-refractivity contribution in [2.75, 3.05) is 13.2 Å². The van der Waals surface area contributed by atoms with Gasteiger partial charge in [0.1, 0.15) is 11.5 Å². The Morgan fingerprint density at radius 3 is 1.24 bits per heavy atom. The maximum Gasteiger partial charge on any atom is 0.274 e. The Bertz CT molecular complexity index is 1690. The lowest BCUT2D eigenvalue weighted by Crippen LogP contribution is -2.20. The van der Waals surface area contributed by atoms with Crippen molar-refractivity contribution < 1.29 is 39.1 Å². The standard InChI is InChI=1S/C37H38N6O8/c44-34(28-12-16-30(17-13-28)36(46)42-48)40-38-24-26-8-6-10-32(22-26)50-20-4-2-1-3-5-21-51-33-11-7-9-27(23-33)25-39-41-35(45)29-14-18-31(19-15-29)37(47)43-49/h6-19,22-25,48-49H,1-5,20-21H2,(H,40,44)(H,41,45)(H,42,46)(H,43,47)/b38-24+,39-25+. The molecule has 0 atom stereocenters. The summed E-state index contributed by atoms with van der Waals surface area (Å²) in [7, 11) is 0. The molecule has 51 heavy (non-hydrogen) atoms. The Morgan fingerprint density at radius 1 is 0.510 bits per heavy atom. The van der Waals surface area contributed by atoms with Crippen LogP contribution in [0, 0.1) is 0 Å². The van der Waals surface area contributed by atoms with E-state index in [0.717, 1.165) is 43.2 Å². The van der Waals surface area contributed by atoms with E-state index in [2.05, 4.69) is 21.1 Å². The van der Waals surface area contributed by atoms with Crippen LogP contribution in [0.3, 0.4) is 0 Å². The predicted molar refractivity (Wildman–Crippen MR) is 188 cm³/mol. The summed E-state index contributed by atoms with van der Waals surface area (Å²) >= 11 is 0. The fourth-order valence-electron chi connectivity index (χ4n) is 4.62. The summed E-state index contributed by atoms with van der Waals surface area (Å²) in [5.41, 5.74) is 10.5. The van der Waals surface area contributed by atoms with Crippen LogP contribution in [-0.4, -0.2) is 59.7 Å². The minimum absolute atomic E-state index is 0.218. The molecule has 264 valence electrons. The first-order valence-corrected chi connectivity index (χ1v) is 16.1. The minimum Gasteiger partial charge on any atom is -0.494 e. The Labute approximate surface area is 294 Å². The number of hydrogen-bond acceptors (Lipinski definition) is 10. The molecule has 0 bridgehead atoms.